The average molecular weight is 420 g/mol. The first-order valence-electron chi connectivity index (χ1n) is 10.7. The van der Waals surface area contributed by atoms with Crippen LogP contribution in [-0.2, 0) is 4.79 Å². The molecule has 1 aliphatic rings. The van der Waals surface area contributed by atoms with E-state index in [0.29, 0.717) is 12.2 Å². The van der Waals surface area contributed by atoms with Crippen molar-refractivity contribution >= 4 is 29.1 Å². The maximum atomic E-state index is 12.3. The molecule has 1 aromatic rings. The molecule has 2 amide bonds. The molecule has 0 radical (unpaired) electrons. The molecule has 2 rings (SSSR count). The summed E-state index contributed by atoms with van der Waals surface area (Å²) >= 11 is 5.09. The van der Waals surface area contributed by atoms with Crippen molar-refractivity contribution in [2.45, 2.75) is 71.1 Å². The van der Waals surface area contributed by atoms with Gasteiger partial charge in [0.1, 0.15) is 5.75 Å². The number of benzene rings is 1. The van der Waals surface area contributed by atoms with Crippen molar-refractivity contribution in [3.05, 3.63) is 29.8 Å². The van der Waals surface area contributed by atoms with Crippen LogP contribution in [0.15, 0.2) is 24.3 Å². The van der Waals surface area contributed by atoms with E-state index in [0.717, 1.165) is 37.9 Å². The van der Waals surface area contributed by atoms with Gasteiger partial charge in [0, 0.05) is 11.5 Å². The van der Waals surface area contributed by atoms with Crippen LogP contribution in [0.4, 0.5) is 0 Å². The van der Waals surface area contributed by atoms with Gasteiger partial charge in [0.2, 0.25) is 5.91 Å². The monoisotopic (exact) mass is 419 g/mol. The summed E-state index contributed by atoms with van der Waals surface area (Å²) in [5, 5.41) is 2.65. The van der Waals surface area contributed by atoms with E-state index < -0.39 is 0 Å². The van der Waals surface area contributed by atoms with Gasteiger partial charge in [-0.1, -0.05) is 51.9 Å². The molecular formula is C22H33N3O3S. The number of hydrazine groups is 1. The van der Waals surface area contributed by atoms with Crippen molar-refractivity contribution < 1.29 is 14.3 Å². The molecule has 1 saturated carbocycles. The van der Waals surface area contributed by atoms with E-state index in [-0.39, 0.29) is 22.8 Å². The Labute approximate surface area is 179 Å². The standard InChI is InChI=1S/C22H33N3O3S/c1-2-3-4-5-9-16-28-19-14-12-18(13-15-19)20(26)23-22(29)25-24-21(27)17-10-7-6-8-11-17/h12-15,17H,2-11,16H2,1H3,(H,24,27)(H2,23,25,26,29). The molecule has 0 unspecified atom stereocenters. The van der Waals surface area contributed by atoms with E-state index in [1.807, 2.05) is 0 Å². The third kappa shape index (κ3) is 8.81. The summed E-state index contributed by atoms with van der Waals surface area (Å²) in [5.41, 5.74) is 5.69. The van der Waals surface area contributed by atoms with Gasteiger partial charge in [-0.3, -0.25) is 25.8 Å². The molecule has 6 nitrogen and oxygen atoms in total. The number of amides is 2. The summed E-state index contributed by atoms with van der Waals surface area (Å²) in [6.07, 6.45) is 11.1. The highest BCUT2D eigenvalue weighted by atomic mass is 32.1. The van der Waals surface area contributed by atoms with Gasteiger partial charge in [0.25, 0.3) is 5.91 Å². The van der Waals surface area contributed by atoms with E-state index in [2.05, 4.69) is 23.1 Å². The Bertz CT molecular complexity index is 658. The van der Waals surface area contributed by atoms with Crippen molar-refractivity contribution in [2.24, 2.45) is 5.92 Å². The topological polar surface area (TPSA) is 79.5 Å². The SMILES string of the molecule is CCCCCCCOc1ccc(C(=O)NC(=S)NNC(=O)C2CCCCC2)cc1. The second-order valence-electron chi connectivity index (χ2n) is 7.52. The highest BCUT2D eigenvalue weighted by Gasteiger charge is 2.21. The molecule has 29 heavy (non-hydrogen) atoms. The van der Waals surface area contributed by atoms with Crippen LogP contribution >= 0.6 is 12.2 Å². The van der Waals surface area contributed by atoms with Crippen LogP contribution in [0.3, 0.4) is 0 Å². The van der Waals surface area contributed by atoms with Crippen LogP contribution in [-0.4, -0.2) is 23.5 Å². The normalized spacial score (nSPS) is 14.1. The smallest absolute Gasteiger partial charge is 0.257 e. The molecule has 160 valence electrons. The van der Waals surface area contributed by atoms with Crippen LogP contribution in [0.1, 0.15) is 81.5 Å². The third-order valence-corrected chi connectivity index (χ3v) is 5.34. The van der Waals surface area contributed by atoms with E-state index in [1.165, 1.54) is 32.1 Å². The summed E-state index contributed by atoms with van der Waals surface area (Å²) < 4.78 is 5.71. The Morgan fingerprint density at radius 3 is 2.38 bits per heavy atom. The molecule has 3 N–H and O–H groups in total. The summed E-state index contributed by atoms with van der Waals surface area (Å²) in [7, 11) is 0. The summed E-state index contributed by atoms with van der Waals surface area (Å²) in [6.45, 7) is 2.88. The van der Waals surface area contributed by atoms with Gasteiger partial charge in [-0.25, -0.2) is 0 Å². The van der Waals surface area contributed by atoms with Gasteiger partial charge in [0.15, 0.2) is 5.11 Å². The Kier molecular flexibility index (Phi) is 10.5. The van der Waals surface area contributed by atoms with Gasteiger partial charge >= 0.3 is 0 Å². The second-order valence-corrected chi connectivity index (χ2v) is 7.93. The minimum Gasteiger partial charge on any atom is -0.494 e. The van der Waals surface area contributed by atoms with Crippen molar-refractivity contribution in [3.8, 4) is 5.75 Å². The van der Waals surface area contributed by atoms with E-state index >= 15 is 0 Å². The number of thiocarbonyl (C=S) groups is 1. The lowest BCUT2D eigenvalue weighted by molar-refractivity contribution is -0.126. The van der Waals surface area contributed by atoms with E-state index in [1.54, 1.807) is 24.3 Å². The van der Waals surface area contributed by atoms with Gasteiger partial charge in [-0.2, -0.15) is 0 Å². The minimum atomic E-state index is -0.333. The number of unbranched alkanes of at least 4 members (excludes halogenated alkanes) is 4. The van der Waals surface area contributed by atoms with Gasteiger partial charge in [0.05, 0.1) is 6.61 Å². The van der Waals surface area contributed by atoms with Crippen molar-refractivity contribution in [2.75, 3.05) is 6.61 Å². The van der Waals surface area contributed by atoms with Crippen LogP contribution in [0.5, 0.6) is 5.75 Å². The molecule has 0 saturated heterocycles. The quantitative estimate of drug-likeness (QED) is 0.317. The van der Waals surface area contributed by atoms with Gasteiger partial charge in [-0.15, -0.1) is 0 Å². The molecule has 7 heteroatoms. The second kappa shape index (κ2) is 13.1. The number of hydrogen-bond acceptors (Lipinski definition) is 4. The molecule has 0 heterocycles. The maximum Gasteiger partial charge on any atom is 0.257 e. The molecule has 0 atom stereocenters. The predicted molar refractivity (Wildman–Crippen MR) is 119 cm³/mol. The minimum absolute atomic E-state index is 0.0222. The van der Waals surface area contributed by atoms with Crippen LogP contribution < -0.4 is 20.9 Å². The number of nitrogens with one attached hydrogen (secondary N) is 3. The zero-order valence-electron chi connectivity index (χ0n) is 17.3. The predicted octanol–water partition coefficient (Wildman–Crippen LogP) is 4.25. The fraction of sp³-hybridized carbons (Fsp3) is 0.591. The first kappa shape index (κ1) is 23.1. The fourth-order valence-corrected chi connectivity index (χ4v) is 3.53. The summed E-state index contributed by atoms with van der Waals surface area (Å²) in [4.78, 5) is 24.4. The number of hydrogen-bond donors (Lipinski definition) is 3. The summed E-state index contributed by atoms with van der Waals surface area (Å²) in [5.74, 6) is 0.365. The lowest BCUT2D eigenvalue weighted by Gasteiger charge is -2.21. The summed E-state index contributed by atoms with van der Waals surface area (Å²) in [6, 6.07) is 6.96. The first-order chi connectivity index (χ1) is 14.1. The Balaban J connectivity index is 1.67. The van der Waals surface area contributed by atoms with Gasteiger partial charge in [-0.05, 0) is 55.7 Å². The van der Waals surface area contributed by atoms with E-state index in [9.17, 15) is 9.59 Å². The van der Waals surface area contributed by atoms with Crippen LogP contribution in [0.25, 0.3) is 0 Å². The maximum absolute atomic E-state index is 12.3. The zero-order chi connectivity index (χ0) is 20.9. The average Bonchev–Trinajstić information content (AvgIpc) is 2.75. The number of ether oxygens (including phenoxy) is 1. The lowest BCUT2D eigenvalue weighted by Crippen LogP contribution is -2.50. The molecule has 1 aliphatic carbocycles. The van der Waals surface area contributed by atoms with Crippen molar-refractivity contribution in [3.63, 3.8) is 0 Å². The number of carbonyl (C=O) groups is 2. The highest BCUT2D eigenvalue weighted by Crippen LogP contribution is 2.23. The Morgan fingerprint density at radius 2 is 1.69 bits per heavy atom. The largest absolute Gasteiger partial charge is 0.494 e. The highest BCUT2D eigenvalue weighted by molar-refractivity contribution is 7.80. The molecule has 1 aromatic carbocycles. The van der Waals surface area contributed by atoms with Crippen molar-refractivity contribution in [1.82, 2.24) is 16.2 Å². The Morgan fingerprint density at radius 1 is 1.00 bits per heavy atom. The first-order valence-corrected chi connectivity index (χ1v) is 11.1. The molecule has 0 aliphatic heterocycles. The van der Waals surface area contributed by atoms with Crippen molar-refractivity contribution in [1.29, 1.82) is 0 Å². The van der Waals surface area contributed by atoms with Crippen LogP contribution in [0.2, 0.25) is 0 Å². The third-order valence-electron chi connectivity index (χ3n) is 5.14. The molecular weight excluding hydrogens is 386 g/mol. The number of rotatable bonds is 9. The van der Waals surface area contributed by atoms with Crippen LogP contribution in [0, 0.1) is 5.92 Å². The Hall–Kier alpha value is -2.15. The zero-order valence-corrected chi connectivity index (χ0v) is 18.1. The number of carbonyl (C=O) groups excluding carboxylic acids is 2. The molecule has 0 bridgehead atoms. The molecule has 1 fully saturated rings. The molecule has 0 aromatic heterocycles. The van der Waals surface area contributed by atoms with Gasteiger partial charge < -0.3 is 4.74 Å². The van der Waals surface area contributed by atoms with E-state index in [4.69, 9.17) is 17.0 Å². The molecule has 0 spiro atoms. The lowest BCUT2D eigenvalue weighted by atomic mass is 9.89. The fourth-order valence-electron chi connectivity index (χ4n) is 3.39.